The van der Waals surface area contributed by atoms with Gasteiger partial charge in [0.15, 0.2) is 0 Å². The third kappa shape index (κ3) is 5.93. The summed E-state index contributed by atoms with van der Waals surface area (Å²) in [6.45, 7) is 7.22. The predicted octanol–water partition coefficient (Wildman–Crippen LogP) is 4.69. The Morgan fingerprint density at radius 1 is 0.909 bits per heavy atom. The number of benzene rings is 3. The van der Waals surface area contributed by atoms with Crippen molar-refractivity contribution in [3.05, 3.63) is 89.0 Å². The smallest absolute Gasteiger partial charge is 0.264 e. The molecule has 3 aromatic carbocycles. The Balaban J connectivity index is 1.90. The average Bonchev–Trinajstić information content (AvgIpc) is 2.77. The van der Waals surface area contributed by atoms with Gasteiger partial charge in [0.1, 0.15) is 12.3 Å². The summed E-state index contributed by atoms with van der Waals surface area (Å²) in [6.07, 6.45) is 0. The standard InChI is InChI=1S/C26H30N2O4S/c1-18-6-12-25(13-7-18)33(30,31)28(23-15-19(2)14-20(3)16-23)17-26(29)27-21(4)22-8-10-24(32-5)11-9-22/h6-16,21H,17H2,1-5H3,(H,27,29)/t21-/m1/s1. The Bertz CT molecular complexity index is 1200. The Morgan fingerprint density at radius 2 is 1.48 bits per heavy atom. The van der Waals surface area contributed by atoms with E-state index < -0.39 is 15.9 Å². The molecule has 7 heteroatoms. The van der Waals surface area contributed by atoms with E-state index in [4.69, 9.17) is 4.74 Å². The normalized spacial score (nSPS) is 12.2. The predicted molar refractivity (Wildman–Crippen MR) is 131 cm³/mol. The van der Waals surface area contributed by atoms with Crippen LogP contribution in [0.25, 0.3) is 0 Å². The summed E-state index contributed by atoms with van der Waals surface area (Å²) < 4.78 is 33.5. The second-order valence-electron chi connectivity index (χ2n) is 8.23. The second-order valence-corrected chi connectivity index (χ2v) is 10.1. The summed E-state index contributed by atoms with van der Waals surface area (Å²) in [6, 6.07) is 19.2. The fraction of sp³-hybridized carbons (Fsp3) is 0.269. The first-order valence-electron chi connectivity index (χ1n) is 10.7. The van der Waals surface area contributed by atoms with Crippen molar-refractivity contribution in [3.63, 3.8) is 0 Å². The number of rotatable bonds is 8. The van der Waals surface area contributed by atoms with E-state index in [1.54, 1.807) is 43.5 Å². The molecule has 33 heavy (non-hydrogen) atoms. The largest absolute Gasteiger partial charge is 0.497 e. The van der Waals surface area contributed by atoms with E-state index in [9.17, 15) is 13.2 Å². The highest BCUT2D eigenvalue weighted by Gasteiger charge is 2.28. The van der Waals surface area contributed by atoms with Gasteiger partial charge in [-0.2, -0.15) is 0 Å². The molecule has 0 saturated heterocycles. The highest BCUT2D eigenvalue weighted by atomic mass is 32.2. The van der Waals surface area contributed by atoms with Crippen molar-refractivity contribution >= 4 is 21.6 Å². The molecule has 0 unspecified atom stereocenters. The molecule has 1 N–H and O–H groups in total. The van der Waals surface area contributed by atoms with Crippen molar-refractivity contribution in [2.75, 3.05) is 18.0 Å². The molecule has 0 fully saturated rings. The number of aryl methyl sites for hydroxylation is 3. The van der Waals surface area contributed by atoms with Crippen LogP contribution in [0.15, 0.2) is 71.6 Å². The zero-order valence-electron chi connectivity index (χ0n) is 19.6. The van der Waals surface area contributed by atoms with Crippen LogP contribution in [-0.4, -0.2) is 28.0 Å². The minimum Gasteiger partial charge on any atom is -0.497 e. The van der Waals surface area contributed by atoms with Crippen molar-refractivity contribution in [2.24, 2.45) is 0 Å². The second kappa shape index (κ2) is 10.1. The van der Waals surface area contributed by atoms with Crippen LogP contribution in [0.3, 0.4) is 0 Å². The van der Waals surface area contributed by atoms with Crippen molar-refractivity contribution in [3.8, 4) is 5.75 Å². The molecule has 174 valence electrons. The van der Waals surface area contributed by atoms with E-state index in [2.05, 4.69) is 5.32 Å². The van der Waals surface area contributed by atoms with Gasteiger partial charge in [0.25, 0.3) is 10.0 Å². The number of anilines is 1. The van der Waals surface area contributed by atoms with Crippen LogP contribution < -0.4 is 14.4 Å². The Morgan fingerprint density at radius 3 is 2.03 bits per heavy atom. The summed E-state index contributed by atoms with van der Waals surface area (Å²) in [5.41, 5.74) is 4.14. The third-order valence-corrected chi connectivity index (χ3v) is 7.17. The van der Waals surface area contributed by atoms with Gasteiger partial charge in [-0.1, -0.05) is 35.9 Å². The van der Waals surface area contributed by atoms with Crippen molar-refractivity contribution in [2.45, 2.75) is 38.6 Å². The van der Waals surface area contributed by atoms with Gasteiger partial charge in [0, 0.05) is 0 Å². The van der Waals surface area contributed by atoms with E-state index in [-0.39, 0.29) is 17.5 Å². The molecular weight excluding hydrogens is 436 g/mol. The summed E-state index contributed by atoms with van der Waals surface area (Å²) in [4.78, 5) is 13.1. The topological polar surface area (TPSA) is 75.7 Å². The molecule has 0 aliphatic carbocycles. The molecule has 0 spiro atoms. The molecular formula is C26H30N2O4S. The van der Waals surface area contributed by atoms with Crippen LogP contribution in [0.5, 0.6) is 5.75 Å². The lowest BCUT2D eigenvalue weighted by Crippen LogP contribution is -2.41. The SMILES string of the molecule is COc1ccc([C@@H](C)NC(=O)CN(c2cc(C)cc(C)c2)S(=O)(=O)c2ccc(C)cc2)cc1. The lowest BCUT2D eigenvalue weighted by Gasteiger charge is -2.26. The van der Waals surface area contributed by atoms with Gasteiger partial charge in [-0.15, -0.1) is 0 Å². The van der Waals surface area contributed by atoms with Gasteiger partial charge in [-0.05, 0) is 80.8 Å². The van der Waals surface area contributed by atoms with Crippen molar-refractivity contribution in [1.29, 1.82) is 0 Å². The van der Waals surface area contributed by atoms with Crippen molar-refractivity contribution in [1.82, 2.24) is 5.32 Å². The number of carbonyl (C=O) groups is 1. The van der Waals surface area contributed by atoms with Crippen LogP contribution in [0.1, 0.15) is 35.2 Å². The number of nitrogens with zero attached hydrogens (tertiary/aromatic N) is 1. The van der Waals surface area contributed by atoms with E-state index in [1.807, 2.05) is 58.0 Å². The Hall–Kier alpha value is -3.32. The molecule has 1 atom stereocenters. The number of hydrogen-bond donors (Lipinski definition) is 1. The van der Waals surface area contributed by atoms with Crippen LogP contribution in [0, 0.1) is 20.8 Å². The summed E-state index contributed by atoms with van der Waals surface area (Å²) in [7, 11) is -2.36. The summed E-state index contributed by atoms with van der Waals surface area (Å²) in [5.74, 6) is 0.329. The minimum absolute atomic E-state index is 0.142. The lowest BCUT2D eigenvalue weighted by atomic mass is 10.1. The maximum atomic E-state index is 13.6. The van der Waals surface area contributed by atoms with Gasteiger partial charge in [-0.25, -0.2) is 8.42 Å². The number of hydrogen-bond acceptors (Lipinski definition) is 4. The van der Waals surface area contributed by atoms with E-state index in [0.717, 1.165) is 28.0 Å². The van der Waals surface area contributed by atoms with Crippen LogP contribution >= 0.6 is 0 Å². The van der Waals surface area contributed by atoms with E-state index in [0.29, 0.717) is 5.69 Å². The Labute approximate surface area is 196 Å². The first kappa shape index (κ1) is 24.3. The molecule has 0 radical (unpaired) electrons. The van der Waals surface area contributed by atoms with Gasteiger partial charge >= 0.3 is 0 Å². The molecule has 0 saturated carbocycles. The monoisotopic (exact) mass is 466 g/mol. The fourth-order valence-corrected chi connectivity index (χ4v) is 5.05. The average molecular weight is 467 g/mol. The highest BCUT2D eigenvalue weighted by molar-refractivity contribution is 7.92. The van der Waals surface area contributed by atoms with Gasteiger partial charge in [0.05, 0.1) is 23.7 Å². The number of carbonyl (C=O) groups excluding carboxylic acids is 1. The van der Waals surface area contributed by atoms with Crippen LogP contribution in [0.2, 0.25) is 0 Å². The summed E-state index contributed by atoms with van der Waals surface area (Å²) in [5, 5.41) is 2.91. The molecule has 1 amide bonds. The van der Waals surface area contributed by atoms with Gasteiger partial charge in [-0.3, -0.25) is 9.10 Å². The number of nitrogens with one attached hydrogen (secondary N) is 1. The lowest BCUT2D eigenvalue weighted by molar-refractivity contribution is -0.120. The Kier molecular flexibility index (Phi) is 7.43. The van der Waals surface area contributed by atoms with Crippen molar-refractivity contribution < 1.29 is 17.9 Å². The quantitative estimate of drug-likeness (QED) is 0.522. The number of methoxy groups -OCH3 is 1. The highest BCUT2D eigenvalue weighted by Crippen LogP contribution is 2.26. The number of amides is 1. The molecule has 0 aromatic heterocycles. The fourth-order valence-electron chi connectivity index (χ4n) is 3.64. The zero-order valence-corrected chi connectivity index (χ0v) is 20.4. The van der Waals surface area contributed by atoms with Gasteiger partial charge in [0.2, 0.25) is 5.91 Å². The maximum Gasteiger partial charge on any atom is 0.264 e. The first-order chi connectivity index (χ1) is 15.6. The number of sulfonamides is 1. The minimum atomic E-state index is -3.95. The molecule has 0 bridgehead atoms. The molecule has 0 aliphatic heterocycles. The zero-order chi connectivity index (χ0) is 24.2. The molecule has 0 heterocycles. The van der Waals surface area contributed by atoms with E-state index in [1.165, 1.54) is 4.31 Å². The molecule has 6 nitrogen and oxygen atoms in total. The third-order valence-electron chi connectivity index (χ3n) is 5.38. The van der Waals surface area contributed by atoms with Crippen LogP contribution in [-0.2, 0) is 14.8 Å². The van der Waals surface area contributed by atoms with E-state index >= 15 is 0 Å². The first-order valence-corrected chi connectivity index (χ1v) is 12.1. The van der Waals surface area contributed by atoms with Crippen LogP contribution in [0.4, 0.5) is 5.69 Å². The van der Waals surface area contributed by atoms with Gasteiger partial charge < -0.3 is 10.1 Å². The maximum absolute atomic E-state index is 13.6. The summed E-state index contributed by atoms with van der Waals surface area (Å²) >= 11 is 0. The number of ether oxygens (including phenoxy) is 1. The molecule has 0 aliphatic rings. The molecule has 3 rings (SSSR count). The molecule has 3 aromatic rings.